The highest BCUT2D eigenvalue weighted by Gasteiger charge is 2.54. The smallest absolute Gasteiger partial charge is 0.242 e. The summed E-state index contributed by atoms with van der Waals surface area (Å²) >= 11 is 6.07. The number of benzene rings is 2. The van der Waals surface area contributed by atoms with Gasteiger partial charge in [0.1, 0.15) is 11.6 Å². The molecule has 2 aliphatic heterocycles. The lowest BCUT2D eigenvalue weighted by Crippen LogP contribution is -2.63. The van der Waals surface area contributed by atoms with E-state index in [1.807, 2.05) is 0 Å². The fourth-order valence-electron chi connectivity index (χ4n) is 3.71. The molecule has 0 aliphatic carbocycles. The van der Waals surface area contributed by atoms with Crippen molar-refractivity contribution in [3.63, 3.8) is 0 Å². The minimum atomic E-state index is -4.04. The molecule has 2 aliphatic rings. The minimum Gasteiger partial charge on any atom is -0.468 e. The van der Waals surface area contributed by atoms with E-state index in [-0.39, 0.29) is 11.3 Å². The van der Waals surface area contributed by atoms with Crippen LogP contribution in [0.5, 0.6) is 5.75 Å². The van der Waals surface area contributed by atoms with E-state index < -0.39 is 38.5 Å². The molecule has 2 heterocycles. The zero-order valence-corrected chi connectivity index (χ0v) is 15.3. The highest BCUT2D eigenvalue weighted by Crippen LogP contribution is 2.47. The number of amides is 1. The summed E-state index contributed by atoms with van der Waals surface area (Å²) in [5.41, 5.74) is -0.405. The Morgan fingerprint density at radius 1 is 1.23 bits per heavy atom. The van der Waals surface area contributed by atoms with Crippen molar-refractivity contribution in [1.82, 2.24) is 5.32 Å². The normalized spacial score (nSPS) is 27.3. The summed E-state index contributed by atoms with van der Waals surface area (Å²) in [6.45, 7) is 1.70. The number of ether oxygens (including phenoxy) is 1. The number of sulfone groups is 1. The quantitative estimate of drug-likeness (QED) is 0.793. The lowest BCUT2D eigenvalue weighted by molar-refractivity contribution is -0.132. The minimum absolute atomic E-state index is 0.0993. The fraction of sp³-hybridized carbons (Fsp3) is 0.278. The van der Waals surface area contributed by atoms with Crippen LogP contribution in [0.15, 0.2) is 47.4 Å². The van der Waals surface area contributed by atoms with Gasteiger partial charge in [-0.15, -0.1) is 0 Å². The van der Waals surface area contributed by atoms with Gasteiger partial charge >= 0.3 is 0 Å². The van der Waals surface area contributed by atoms with Crippen LogP contribution in [-0.2, 0) is 14.6 Å². The first-order valence-corrected chi connectivity index (χ1v) is 9.92. The van der Waals surface area contributed by atoms with Gasteiger partial charge in [0.15, 0.2) is 20.8 Å². The third kappa shape index (κ3) is 2.66. The van der Waals surface area contributed by atoms with Crippen molar-refractivity contribution in [3.05, 3.63) is 58.9 Å². The van der Waals surface area contributed by atoms with E-state index in [0.29, 0.717) is 16.3 Å². The molecule has 5 nitrogen and oxygen atoms in total. The van der Waals surface area contributed by atoms with E-state index in [2.05, 4.69) is 5.32 Å². The predicted molar refractivity (Wildman–Crippen MR) is 93.4 cm³/mol. The first-order valence-electron chi connectivity index (χ1n) is 8.00. The van der Waals surface area contributed by atoms with E-state index in [0.717, 1.165) is 12.1 Å². The van der Waals surface area contributed by atoms with Crippen molar-refractivity contribution in [2.75, 3.05) is 0 Å². The summed E-state index contributed by atoms with van der Waals surface area (Å²) in [6, 6.07) is 9.41. The van der Waals surface area contributed by atoms with Crippen LogP contribution in [0, 0.1) is 5.82 Å². The molecule has 2 bridgehead atoms. The molecule has 0 radical (unpaired) electrons. The van der Waals surface area contributed by atoms with Crippen molar-refractivity contribution in [2.24, 2.45) is 0 Å². The van der Waals surface area contributed by atoms with Gasteiger partial charge in [0.25, 0.3) is 0 Å². The highest BCUT2D eigenvalue weighted by molar-refractivity contribution is 7.92. The van der Waals surface area contributed by atoms with E-state index in [4.69, 9.17) is 16.3 Å². The van der Waals surface area contributed by atoms with Crippen molar-refractivity contribution < 1.29 is 22.3 Å². The van der Waals surface area contributed by atoms with Crippen molar-refractivity contribution in [2.45, 2.75) is 35.1 Å². The third-order valence-electron chi connectivity index (χ3n) is 4.80. The van der Waals surface area contributed by atoms with Gasteiger partial charge in [-0.1, -0.05) is 11.6 Å². The molecule has 8 heteroatoms. The number of nitrogens with one attached hydrogen (secondary N) is 1. The van der Waals surface area contributed by atoms with Crippen LogP contribution in [0.3, 0.4) is 0 Å². The maximum absolute atomic E-state index is 13.2. The molecule has 1 fully saturated rings. The average molecular weight is 396 g/mol. The fourth-order valence-corrected chi connectivity index (χ4v) is 5.71. The molecule has 0 spiro atoms. The molecule has 3 atom stereocenters. The molecule has 4 rings (SSSR count). The predicted octanol–water partition coefficient (Wildman–Crippen LogP) is 3.03. The summed E-state index contributed by atoms with van der Waals surface area (Å²) < 4.78 is 45.3. The zero-order chi connectivity index (χ0) is 18.7. The first kappa shape index (κ1) is 17.3. The van der Waals surface area contributed by atoms with Crippen LogP contribution in [0.4, 0.5) is 4.39 Å². The van der Waals surface area contributed by atoms with E-state index >= 15 is 0 Å². The Bertz CT molecular complexity index is 1010. The van der Waals surface area contributed by atoms with E-state index in [1.54, 1.807) is 25.1 Å². The van der Waals surface area contributed by atoms with Crippen LogP contribution in [-0.4, -0.2) is 25.3 Å². The Morgan fingerprint density at radius 2 is 1.92 bits per heavy atom. The molecule has 1 N–H and O–H groups in total. The molecule has 1 amide bonds. The third-order valence-corrected chi connectivity index (χ3v) is 7.18. The Morgan fingerprint density at radius 3 is 2.62 bits per heavy atom. The average Bonchev–Trinajstić information content (AvgIpc) is 2.55. The summed E-state index contributed by atoms with van der Waals surface area (Å²) in [5, 5.41) is 1.75. The Hall–Kier alpha value is -2.12. The second-order valence-corrected chi connectivity index (χ2v) is 9.24. The molecule has 0 unspecified atom stereocenters. The van der Waals surface area contributed by atoms with Crippen LogP contribution >= 0.6 is 11.6 Å². The first-order chi connectivity index (χ1) is 12.2. The number of hydrogen-bond acceptors (Lipinski definition) is 4. The highest BCUT2D eigenvalue weighted by atomic mass is 35.5. The molecule has 136 valence electrons. The number of carbonyl (C=O) groups excluding carboxylic acids is 1. The number of halogens is 2. The molecular weight excluding hydrogens is 381 g/mol. The molecule has 0 saturated carbocycles. The van der Waals surface area contributed by atoms with Gasteiger partial charge in [0.05, 0.1) is 4.90 Å². The largest absolute Gasteiger partial charge is 0.468 e. The van der Waals surface area contributed by atoms with Gasteiger partial charge in [-0.3, -0.25) is 4.79 Å². The second kappa shape index (κ2) is 5.69. The van der Waals surface area contributed by atoms with Gasteiger partial charge < -0.3 is 10.1 Å². The topological polar surface area (TPSA) is 72.5 Å². The summed E-state index contributed by atoms with van der Waals surface area (Å²) in [7, 11) is -4.04. The van der Waals surface area contributed by atoms with Gasteiger partial charge in [0, 0.05) is 22.9 Å². The number of carbonyl (C=O) groups is 1. The molecule has 2 aromatic rings. The number of hydrogen-bond donors (Lipinski definition) is 1. The number of rotatable bonds is 2. The molecule has 0 aromatic heterocycles. The lowest BCUT2D eigenvalue weighted by atomic mass is 9.81. The Labute approximate surface area is 155 Å². The van der Waals surface area contributed by atoms with Crippen LogP contribution in [0.1, 0.15) is 24.8 Å². The summed E-state index contributed by atoms with van der Waals surface area (Å²) in [5.74, 6) is -1.31. The van der Waals surface area contributed by atoms with Crippen molar-refractivity contribution in [1.29, 1.82) is 0 Å². The van der Waals surface area contributed by atoms with E-state index in [1.165, 1.54) is 12.1 Å². The number of fused-ring (bicyclic) bond motifs is 4. The molecule has 2 aromatic carbocycles. The Balaban J connectivity index is 1.86. The second-order valence-electron chi connectivity index (χ2n) is 6.73. The van der Waals surface area contributed by atoms with Crippen LogP contribution in [0.2, 0.25) is 5.02 Å². The molecule has 26 heavy (non-hydrogen) atoms. The monoisotopic (exact) mass is 395 g/mol. The maximum Gasteiger partial charge on any atom is 0.242 e. The van der Waals surface area contributed by atoms with Crippen molar-refractivity contribution in [3.8, 4) is 5.75 Å². The lowest BCUT2D eigenvalue weighted by Gasteiger charge is -2.46. The Kier molecular flexibility index (Phi) is 3.79. The van der Waals surface area contributed by atoms with Crippen molar-refractivity contribution >= 4 is 27.3 Å². The van der Waals surface area contributed by atoms with Crippen LogP contribution < -0.4 is 10.1 Å². The molecular formula is C18H15ClFNO4S. The van der Waals surface area contributed by atoms with Crippen LogP contribution in [0.25, 0.3) is 0 Å². The van der Waals surface area contributed by atoms with Gasteiger partial charge in [-0.05, 0) is 49.4 Å². The summed E-state index contributed by atoms with van der Waals surface area (Å²) in [4.78, 5) is 12.6. The van der Waals surface area contributed by atoms with Gasteiger partial charge in [0.2, 0.25) is 5.91 Å². The van der Waals surface area contributed by atoms with Gasteiger partial charge in [-0.2, -0.15) is 0 Å². The SMILES string of the molecule is C[C@]12C[C@H](c3cc(Cl)ccc3O1)[C@H](S(=O)(=O)c1ccc(F)cc1)C(=O)N2. The standard InChI is InChI=1S/C18H15ClFNO4S/c1-18-9-14(13-8-10(19)2-7-15(13)25-18)16(17(22)21-18)26(23,24)12-5-3-11(20)4-6-12/h2-8,14,16H,9H2,1H3,(H,21,22)/t14-,16+,18-/m1/s1. The summed E-state index contributed by atoms with van der Waals surface area (Å²) in [6.07, 6.45) is 0.289. The maximum atomic E-state index is 13.2. The van der Waals surface area contributed by atoms with E-state index in [9.17, 15) is 17.6 Å². The van der Waals surface area contributed by atoms with Gasteiger partial charge in [-0.25, -0.2) is 12.8 Å². The molecule has 1 saturated heterocycles. The number of piperidine rings is 1. The zero-order valence-electron chi connectivity index (χ0n) is 13.7.